The molecule has 5 heteroatoms. The molecule has 0 aromatic heterocycles. The molecule has 31 heavy (non-hydrogen) atoms. The van der Waals surface area contributed by atoms with Gasteiger partial charge in [0.2, 0.25) is 0 Å². The molecule has 0 aliphatic heterocycles. The van der Waals surface area contributed by atoms with E-state index in [0.29, 0.717) is 24.6 Å². The zero-order valence-corrected chi connectivity index (χ0v) is 19.8. The molecule has 1 N–H and O–H groups in total. The Kier molecular flexibility index (Phi) is 7.34. The van der Waals surface area contributed by atoms with Crippen LogP contribution < -0.4 is 4.74 Å². The predicted molar refractivity (Wildman–Crippen MR) is 124 cm³/mol. The molecule has 1 amide bonds. The molecule has 1 fully saturated rings. The molecule has 1 aromatic carbocycles. The first kappa shape index (κ1) is 23.6. The Bertz CT molecular complexity index is 856. The lowest BCUT2D eigenvalue weighted by atomic mass is 9.53. The van der Waals surface area contributed by atoms with E-state index in [4.69, 9.17) is 4.74 Å². The van der Waals surface area contributed by atoms with Gasteiger partial charge in [0.15, 0.2) is 0 Å². The lowest BCUT2D eigenvalue weighted by Crippen LogP contribution is -2.49. The molecule has 0 bridgehead atoms. The minimum absolute atomic E-state index is 0.0841. The molecule has 1 saturated carbocycles. The van der Waals surface area contributed by atoms with Crippen molar-refractivity contribution in [2.24, 2.45) is 5.92 Å². The van der Waals surface area contributed by atoms with E-state index in [1.807, 2.05) is 20.2 Å². The third kappa shape index (κ3) is 5.07. The van der Waals surface area contributed by atoms with Crippen LogP contribution in [0.2, 0.25) is 0 Å². The van der Waals surface area contributed by atoms with Gasteiger partial charge in [0.05, 0.1) is 0 Å². The van der Waals surface area contributed by atoms with Crippen LogP contribution in [0.25, 0.3) is 0 Å². The Morgan fingerprint density at radius 3 is 2.71 bits per heavy atom. The standard InChI is InChI=1S/C26H38N2O3/c1-6-13-25(30)14-15-26(7-2)21(19-25)10-9-20-18-22(11-12-23(20)26)31-24(29)28(5)17-8-16-27(3)4/h11-12,18,21,30H,7-10,14-17,19H2,1-5H3/t21-,25-,26-/m1/s1. The molecule has 5 nitrogen and oxygen atoms in total. The summed E-state index contributed by atoms with van der Waals surface area (Å²) in [4.78, 5) is 16.2. The average Bonchev–Trinajstić information content (AvgIpc) is 2.73. The van der Waals surface area contributed by atoms with Crippen molar-refractivity contribution in [3.63, 3.8) is 0 Å². The highest BCUT2D eigenvalue weighted by molar-refractivity contribution is 5.70. The summed E-state index contributed by atoms with van der Waals surface area (Å²) in [7, 11) is 5.85. The van der Waals surface area contributed by atoms with Crippen LogP contribution in [-0.2, 0) is 11.8 Å². The van der Waals surface area contributed by atoms with Crippen LogP contribution in [0.4, 0.5) is 4.79 Å². The van der Waals surface area contributed by atoms with Crippen molar-refractivity contribution in [1.29, 1.82) is 0 Å². The minimum atomic E-state index is -0.845. The normalized spacial score (nSPS) is 27.0. The Hall–Kier alpha value is -2.03. The number of hydrogen-bond acceptors (Lipinski definition) is 4. The van der Waals surface area contributed by atoms with E-state index in [1.165, 1.54) is 11.1 Å². The first-order chi connectivity index (χ1) is 14.7. The first-order valence-electron chi connectivity index (χ1n) is 11.6. The largest absolute Gasteiger partial charge is 0.414 e. The number of fused-ring (bicyclic) bond motifs is 3. The SMILES string of the molecule is CC#C[C@@]1(O)CC[C@@]2(CC)c3ccc(OC(=O)N(C)CCCN(C)C)cc3CC[C@@H]2C1. The van der Waals surface area contributed by atoms with Crippen LogP contribution in [0.3, 0.4) is 0 Å². The van der Waals surface area contributed by atoms with Crippen molar-refractivity contribution in [1.82, 2.24) is 9.80 Å². The van der Waals surface area contributed by atoms with E-state index in [2.05, 4.69) is 35.8 Å². The fourth-order valence-corrected chi connectivity index (χ4v) is 5.62. The third-order valence-electron chi connectivity index (χ3n) is 7.33. The fraction of sp³-hybridized carbons (Fsp3) is 0.654. The summed E-state index contributed by atoms with van der Waals surface area (Å²) in [6, 6.07) is 6.16. The van der Waals surface area contributed by atoms with Crippen LogP contribution in [0, 0.1) is 17.8 Å². The molecule has 3 rings (SSSR count). The van der Waals surface area contributed by atoms with Crippen LogP contribution in [0.1, 0.15) is 63.5 Å². The second-order valence-corrected chi connectivity index (χ2v) is 9.62. The second kappa shape index (κ2) is 9.63. The van der Waals surface area contributed by atoms with Gasteiger partial charge in [0, 0.05) is 13.6 Å². The van der Waals surface area contributed by atoms with Crippen LogP contribution in [-0.4, -0.2) is 60.8 Å². The van der Waals surface area contributed by atoms with Gasteiger partial charge >= 0.3 is 6.09 Å². The van der Waals surface area contributed by atoms with E-state index >= 15 is 0 Å². The van der Waals surface area contributed by atoms with Gasteiger partial charge in [-0.05, 0) is 107 Å². The maximum absolute atomic E-state index is 12.5. The molecule has 3 atom stereocenters. The number of aliphatic hydroxyl groups is 1. The molecular formula is C26H38N2O3. The number of hydrogen-bond donors (Lipinski definition) is 1. The minimum Gasteiger partial charge on any atom is -0.410 e. The van der Waals surface area contributed by atoms with Crippen LogP contribution in [0.5, 0.6) is 5.75 Å². The molecule has 0 radical (unpaired) electrons. The molecule has 1 aromatic rings. The van der Waals surface area contributed by atoms with Gasteiger partial charge in [-0.2, -0.15) is 0 Å². The smallest absolute Gasteiger partial charge is 0.410 e. The summed E-state index contributed by atoms with van der Waals surface area (Å²) in [5.41, 5.74) is 1.89. The first-order valence-corrected chi connectivity index (χ1v) is 11.6. The topological polar surface area (TPSA) is 53.0 Å². The number of carbonyl (C=O) groups is 1. The summed E-state index contributed by atoms with van der Waals surface area (Å²) >= 11 is 0. The number of ether oxygens (including phenoxy) is 1. The molecule has 2 aliphatic carbocycles. The van der Waals surface area contributed by atoms with Crippen molar-refractivity contribution in [2.75, 3.05) is 34.2 Å². The number of carbonyl (C=O) groups excluding carboxylic acids is 1. The van der Waals surface area contributed by atoms with Crippen molar-refractivity contribution in [3.8, 4) is 17.6 Å². The molecule has 0 heterocycles. The Balaban J connectivity index is 1.73. The Morgan fingerprint density at radius 2 is 2.03 bits per heavy atom. The highest BCUT2D eigenvalue weighted by Crippen LogP contribution is 2.54. The van der Waals surface area contributed by atoms with E-state index in [0.717, 1.165) is 45.1 Å². The fourth-order valence-electron chi connectivity index (χ4n) is 5.62. The van der Waals surface area contributed by atoms with Gasteiger partial charge in [-0.15, -0.1) is 5.92 Å². The predicted octanol–water partition coefficient (Wildman–Crippen LogP) is 4.22. The summed E-state index contributed by atoms with van der Waals surface area (Å²) in [5, 5.41) is 10.9. The summed E-state index contributed by atoms with van der Waals surface area (Å²) in [5.74, 6) is 7.04. The Morgan fingerprint density at radius 1 is 1.26 bits per heavy atom. The summed E-state index contributed by atoms with van der Waals surface area (Å²) in [6.45, 7) is 5.68. The Labute approximate surface area is 187 Å². The average molecular weight is 427 g/mol. The molecule has 170 valence electrons. The molecule has 0 unspecified atom stereocenters. The number of aryl methyl sites for hydroxylation is 1. The van der Waals surface area contributed by atoms with E-state index in [1.54, 1.807) is 18.9 Å². The van der Waals surface area contributed by atoms with E-state index < -0.39 is 5.60 Å². The number of nitrogens with zero attached hydrogens (tertiary/aromatic N) is 2. The van der Waals surface area contributed by atoms with E-state index in [-0.39, 0.29) is 11.5 Å². The van der Waals surface area contributed by atoms with Crippen molar-refractivity contribution < 1.29 is 14.6 Å². The maximum atomic E-state index is 12.5. The maximum Gasteiger partial charge on any atom is 0.414 e. The third-order valence-corrected chi connectivity index (χ3v) is 7.33. The zero-order chi connectivity index (χ0) is 22.6. The van der Waals surface area contributed by atoms with Gasteiger partial charge in [-0.1, -0.05) is 18.9 Å². The number of rotatable bonds is 6. The van der Waals surface area contributed by atoms with Gasteiger partial charge in [-0.25, -0.2) is 4.79 Å². The number of amides is 1. The lowest BCUT2D eigenvalue weighted by Gasteiger charge is -2.52. The highest BCUT2D eigenvalue weighted by atomic mass is 16.6. The quantitative estimate of drug-likeness (QED) is 0.692. The molecule has 0 saturated heterocycles. The van der Waals surface area contributed by atoms with Crippen molar-refractivity contribution >= 4 is 6.09 Å². The molecule has 2 aliphatic rings. The van der Waals surface area contributed by atoms with E-state index in [9.17, 15) is 9.90 Å². The highest BCUT2D eigenvalue weighted by Gasteiger charge is 2.50. The van der Waals surface area contributed by atoms with Gasteiger partial charge in [0.1, 0.15) is 11.4 Å². The van der Waals surface area contributed by atoms with Gasteiger partial charge in [0.25, 0.3) is 0 Å². The van der Waals surface area contributed by atoms with Crippen LogP contribution in [0.15, 0.2) is 18.2 Å². The zero-order valence-electron chi connectivity index (χ0n) is 19.8. The molecular weight excluding hydrogens is 388 g/mol. The van der Waals surface area contributed by atoms with Crippen molar-refractivity contribution in [2.45, 2.75) is 69.8 Å². The van der Waals surface area contributed by atoms with Gasteiger partial charge < -0.3 is 19.6 Å². The summed E-state index contributed by atoms with van der Waals surface area (Å²) in [6.07, 6.45) is 6.05. The van der Waals surface area contributed by atoms with Crippen molar-refractivity contribution in [3.05, 3.63) is 29.3 Å². The lowest BCUT2D eigenvalue weighted by molar-refractivity contribution is -0.00925. The second-order valence-electron chi connectivity index (χ2n) is 9.62. The molecule has 0 spiro atoms. The van der Waals surface area contributed by atoms with Crippen LogP contribution >= 0.6 is 0 Å². The monoisotopic (exact) mass is 426 g/mol. The number of benzene rings is 1. The summed E-state index contributed by atoms with van der Waals surface area (Å²) < 4.78 is 5.68. The van der Waals surface area contributed by atoms with Gasteiger partial charge in [-0.3, -0.25) is 0 Å².